The number of rotatable bonds is 6. The Bertz CT molecular complexity index is 870. The molecule has 0 spiro atoms. The minimum Gasteiger partial charge on any atom is -0.367 e. The van der Waals surface area contributed by atoms with Crippen molar-refractivity contribution in [2.75, 3.05) is 11.4 Å². The molecule has 132 valence electrons. The molecular formula is C23H23ClN2. The predicted octanol–water partition coefficient (Wildman–Crippen LogP) is 6.43. The maximum Gasteiger partial charge on any atom is 0.0816 e. The van der Waals surface area contributed by atoms with E-state index in [1.54, 1.807) is 0 Å². The molecule has 0 aromatic heterocycles. The molecule has 0 aliphatic rings. The second-order valence-corrected chi connectivity index (χ2v) is 6.71. The van der Waals surface area contributed by atoms with Gasteiger partial charge in [-0.25, -0.2) is 0 Å². The summed E-state index contributed by atoms with van der Waals surface area (Å²) in [6.45, 7) is 6.07. The van der Waals surface area contributed by atoms with E-state index < -0.39 is 0 Å². The minimum atomic E-state index is 0.679. The van der Waals surface area contributed by atoms with E-state index in [2.05, 4.69) is 65.3 Å². The van der Waals surface area contributed by atoms with Crippen LogP contribution in [0.2, 0.25) is 5.02 Å². The Morgan fingerprint density at radius 3 is 2.35 bits per heavy atom. The molecule has 26 heavy (non-hydrogen) atoms. The summed E-state index contributed by atoms with van der Waals surface area (Å²) in [5, 5.41) is 0.679. The lowest BCUT2D eigenvalue weighted by atomic mass is 10.1. The topological polar surface area (TPSA) is 15.6 Å². The van der Waals surface area contributed by atoms with Gasteiger partial charge in [0.05, 0.1) is 10.7 Å². The van der Waals surface area contributed by atoms with Gasteiger partial charge in [-0.2, -0.15) is 0 Å². The van der Waals surface area contributed by atoms with Crippen molar-refractivity contribution in [2.45, 2.75) is 20.4 Å². The summed E-state index contributed by atoms with van der Waals surface area (Å²) >= 11 is 6.24. The van der Waals surface area contributed by atoms with Gasteiger partial charge in [-0.1, -0.05) is 60.1 Å². The average Bonchev–Trinajstić information content (AvgIpc) is 2.67. The number of halogens is 1. The Hall–Kier alpha value is -2.58. The standard InChI is InChI=1S/C23H23ClN2/c1-3-26(17-20-7-5-4-6-8-20)21-12-10-19(11-13-21)16-25-23-14-9-18(2)15-22(23)24/h4-16H,3,17H2,1-2H3. The zero-order valence-electron chi connectivity index (χ0n) is 15.2. The van der Waals surface area contributed by atoms with E-state index in [0.29, 0.717) is 5.02 Å². The predicted molar refractivity (Wildman–Crippen MR) is 113 cm³/mol. The van der Waals surface area contributed by atoms with Crippen LogP contribution < -0.4 is 4.90 Å². The number of hydrogen-bond acceptors (Lipinski definition) is 2. The summed E-state index contributed by atoms with van der Waals surface area (Å²) in [6.07, 6.45) is 1.85. The van der Waals surface area contributed by atoms with Gasteiger partial charge in [-0.05, 0) is 54.8 Å². The first-order valence-electron chi connectivity index (χ1n) is 8.85. The zero-order valence-corrected chi connectivity index (χ0v) is 15.9. The Labute approximate surface area is 160 Å². The zero-order chi connectivity index (χ0) is 18.4. The smallest absolute Gasteiger partial charge is 0.0816 e. The summed E-state index contributed by atoms with van der Waals surface area (Å²) in [5.41, 5.74) is 5.51. The summed E-state index contributed by atoms with van der Waals surface area (Å²) in [7, 11) is 0. The van der Waals surface area contributed by atoms with E-state index >= 15 is 0 Å². The maximum absolute atomic E-state index is 6.24. The van der Waals surface area contributed by atoms with Gasteiger partial charge in [0.2, 0.25) is 0 Å². The van der Waals surface area contributed by atoms with E-state index in [1.807, 2.05) is 37.4 Å². The van der Waals surface area contributed by atoms with Crippen molar-refractivity contribution < 1.29 is 0 Å². The number of hydrogen-bond donors (Lipinski definition) is 0. The number of benzene rings is 3. The van der Waals surface area contributed by atoms with E-state index in [1.165, 1.54) is 11.3 Å². The summed E-state index contributed by atoms with van der Waals surface area (Å²) in [5.74, 6) is 0. The molecule has 0 N–H and O–H groups in total. The fourth-order valence-corrected chi connectivity index (χ4v) is 3.11. The molecule has 0 aliphatic carbocycles. The molecule has 0 amide bonds. The van der Waals surface area contributed by atoms with Gasteiger partial charge in [-0.3, -0.25) is 4.99 Å². The lowest BCUT2D eigenvalue weighted by molar-refractivity contribution is 0.832. The van der Waals surface area contributed by atoms with Gasteiger partial charge < -0.3 is 4.90 Å². The van der Waals surface area contributed by atoms with Crippen LogP contribution in [0.3, 0.4) is 0 Å². The molecule has 3 heteroatoms. The monoisotopic (exact) mass is 362 g/mol. The van der Waals surface area contributed by atoms with Gasteiger partial charge in [0.1, 0.15) is 0 Å². The van der Waals surface area contributed by atoms with Gasteiger partial charge in [0.25, 0.3) is 0 Å². The summed E-state index contributed by atoms with van der Waals surface area (Å²) < 4.78 is 0. The highest BCUT2D eigenvalue weighted by Gasteiger charge is 2.05. The van der Waals surface area contributed by atoms with Crippen LogP contribution in [0.4, 0.5) is 11.4 Å². The normalized spacial score (nSPS) is 11.0. The molecule has 0 heterocycles. The van der Waals surface area contributed by atoms with Crippen molar-refractivity contribution in [3.8, 4) is 0 Å². The molecule has 0 aliphatic heterocycles. The molecular weight excluding hydrogens is 340 g/mol. The fourth-order valence-electron chi connectivity index (χ4n) is 2.82. The van der Waals surface area contributed by atoms with Crippen LogP contribution in [0.15, 0.2) is 77.8 Å². The van der Waals surface area contributed by atoms with Crippen LogP contribution in [0.5, 0.6) is 0 Å². The number of aryl methyl sites for hydroxylation is 1. The van der Waals surface area contributed by atoms with Crippen molar-refractivity contribution in [1.82, 2.24) is 0 Å². The average molecular weight is 363 g/mol. The third-order valence-corrected chi connectivity index (χ3v) is 4.61. The number of anilines is 1. The molecule has 0 unspecified atom stereocenters. The first kappa shape index (κ1) is 18.2. The third kappa shape index (κ3) is 4.74. The van der Waals surface area contributed by atoms with Crippen LogP contribution >= 0.6 is 11.6 Å². The molecule has 0 atom stereocenters. The molecule has 3 aromatic carbocycles. The molecule has 3 rings (SSSR count). The van der Waals surface area contributed by atoms with Crippen molar-refractivity contribution in [2.24, 2.45) is 4.99 Å². The van der Waals surface area contributed by atoms with Crippen LogP contribution in [0.25, 0.3) is 0 Å². The fraction of sp³-hybridized carbons (Fsp3) is 0.174. The second-order valence-electron chi connectivity index (χ2n) is 6.30. The highest BCUT2D eigenvalue weighted by Crippen LogP contribution is 2.25. The van der Waals surface area contributed by atoms with Gasteiger partial charge in [0, 0.05) is 25.0 Å². The Morgan fingerprint density at radius 2 is 1.69 bits per heavy atom. The van der Waals surface area contributed by atoms with Crippen LogP contribution in [0.1, 0.15) is 23.6 Å². The molecule has 0 fully saturated rings. The van der Waals surface area contributed by atoms with Crippen LogP contribution in [-0.4, -0.2) is 12.8 Å². The lowest BCUT2D eigenvalue weighted by Crippen LogP contribution is -2.21. The molecule has 0 saturated heterocycles. The summed E-state index contributed by atoms with van der Waals surface area (Å²) in [4.78, 5) is 6.86. The Morgan fingerprint density at radius 1 is 0.962 bits per heavy atom. The highest BCUT2D eigenvalue weighted by molar-refractivity contribution is 6.33. The van der Waals surface area contributed by atoms with E-state index in [-0.39, 0.29) is 0 Å². The second kappa shape index (κ2) is 8.68. The highest BCUT2D eigenvalue weighted by atomic mass is 35.5. The maximum atomic E-state index is 6.24. The first-order valence-corrected chi connectivity index (χ1v) is 9.22. The quantitative estimate of drug-likeness (QED) is 0.461. The molecule has 3 aromatic rings. The number of aliphatic imine (C=N–C) groups is 1. The number of nitrogens with zero attached hydrogens (tertiary/aromatic N) is 2. The van der Waals surface area contributed by atoms with Crippen molar-refractivity contribution in [1.29, 1.82) is 0 Å². The first-order chi connectivity index (χ1) is 12.7. The van der Waals surface area contributed by atoms with Crippen molar-refractivity contribution in [3.05, 3.63) is 94.5 Å². The Balaban J connectivity index is 1.71. The molecule has 0 saturated carbocycles. The molecule has 0 bridgehead atoms. The van der Waals surface area contributed by atoms with Gasteiger partial charge >= 0.3 is 0 Å². The van der Waals surface area contributed by atoms with E-state index in [4.69, 9.17) is 11.6 Å². The van der Waals surface area contributed by atoms with Gasteiger partial charge in [-0.15, -0.1) is 0 Å². The minimum absolute atomic E-state index is 0.679. The van der Waals surface area contributed by atoms with Crippen molar-refractivity contribution >= 4 is 29.2 Å². The SMILES string of the molecule is CCN(Cc1ccccc1)c1ccc(C=Nc2ccc(C)cc2Cl)cc1. The summed E-state index contributed by atoms with van der Waals surface area (Å²) in [6, 6.07) is 24.9. The van der Waals surface area contributed by atoms with Gasteiger partial charge in [0.15, 0.2) is 0 Å². The third-order valence-electron chi connectivity index (χ3n) is 4.31. The van der Waals surface area contributed by atoms with Crippen LogP contribution in [0, 0.1) is 6.92 Å². The molecule has 2 nitrogen and oxygen atoms in total. The van der Waals surface area contributed by atoms with Crippen LogP contribution in [-0.2, 0) is 6.54 Å². The largest absolute Gasteiger partial charge is 0.367 e. The van der Waals surface area contributed by atoms with Crippen molar-refractivity contribution in [3.63, 3.8) is 0 Å². The Kier molecular flexibility index (Phi) is 6.08. The van der Waals surface area contributed by atoms with E-state index in [0.717, 1.165) is 29.9 Å². The molecule has 0 radical (unpaired) electrons. The van der Waals surface area contributed by atoms with E-state index in [9.17, 15) is 0 Å². The lowest BCUT2D eigenvalue weighted by Gasteiger charge is -2.23.